The third-order valence-electron chi connectivity index (χ3n) is 11.1. The molecule has 0 saturated carbocycles. The molecular weight excluding hydrogens is 884 g/mol. The fraction of sp³-hybridized carbons (Fsp3) is 0.760. The Hall–Kier alpha value is -1.11. The Morgan fingerprint density at radius 1 is 0.603 bits per heavy atom. The number of hydrogen-bond donors (Lipinski definition) is 0. The first-order valence-corrected chi connectivity index (χ1v) is 27.1. The number of oxime groups is 2. The molecule has 0 aromatic carbocycles. The van der Waals surface area contributed by atoms with E-state index in [0.29, 0.717) is 60.4 Å². The molecule has 0 amide bonds. The van der Waals surface area contributed by atoms with E-state index in [1.54, 1.807) is 12.2 Å². The first kappa shape index (κ1) is 61.9. The molecular formula is C50H82Cl2MgN2O6S2. The van der Waals surface area contributed by atoms with E-state index < -0.39 is 0 Å². The van der Waals surface area contributed by atoms with Crippen molar-refractivity contribution in [1.29, 1.82) is 0 Å². The van der Waals surface area contributed by atoms with Crippen LogP contribution in [0.25, 0.3) is 0 Å². The number of hydrogen-bond acceptors (Lipinski definition) is 10. The third-order valence-corrected chi connectivity index (χ3v) is 14.4. The average Bonchev–Trinajstić information content (AvgIpc) is 3.24. The number of unbranched alkanes of at least 4 members (excludes halogenated alkanes) is 6. The van der Waals surface area contributed by atoms with Crippen molar-refractivity contribution in [3.63, 3.8) is 0 Å². The molecule has 0 heterocycles. The second kappa shape index (κ2) is 41.1. The summed E-state index contributed by atoms with van der Waals surface area (Å²) in [5.74, 6) is 2.50. The Morgan fingerprint density at radius 3 is 1.32 bits per heavy atom. The summed E-state index contributed by atoms with van der Waals surface area (Å²) < 4.78 is 0. The van der Waals surface area contributed by atoms with E-state index in [4.69, 9.17) is 32.9 Å². The molecule has 63 heavy (non-hydrogen) atoms. The van der Waals surface area contributed by atoms with E-state index >= 15 is 0 Å². The summed E-state index contributed by atoms with van der Waals surface area (Å²) in [5.41, 5.74) is 4.24. The average molecular weight is 967 g/mol. The van der Waals surface area contributed by atoms with Gasteiger partial charge < -0.3 is 19.9 Å². The molecule has 0 aromatic rings. The molecule has 13 heteroatoms. The molecule has 0 N–H and O–H groups in total. The van der Waals surface area contributed by atoms with Crippen molar-refractivity contribution in [3.8, 4) is 0 Å². The molecule has 4 atom stereocenters. The van der Waals surface area contributed by atoms with E-state index in [1.165, 1.54) is 99.6 Å². The van der Waals surface area contributed by atoms with Crippen LogP contribution in [0.3, 0.4) is 0 Å². The van der Waals surface area contributed by atoms with E-state index in [1.807, 2.05) is 13.8 Å². The minimum Gasteiger partial charge on any atom is -0.875 e. The van der Waals surface area contributed by atoms with Gasteiger partial charge in [-0.25, -0.2) is 0 Å². The van der Waals surface area contributed by atoms with Crippen LogP contribution >= 0.6 is 46.7 Å². The van der Waals surface area contributed by atoms with Crippen molar-refractivity contribution in [2.24, 2.45) is 22.1 Å². The van der Waals surface area contributed by atoms with Gasteiger partial charge in [0, 0.05) is 45.6 Å². The third kappa shape index (κ3) is 28.0. The summed E-state index contributed by atoms with van der Waals surface area (Å²) in [7, 11) is 0. The number of halogens is 2. The van der Waals surface area contributed by atoms with E-state index in [-0.39, 0.29) is 82.3 Å². The zero-order chi connectivity index (χ0) is 45.8. The fourth-order valence-electron chi connectivity index (χ4n) is 7.93. The van der Waals surface area contributed by atoms with Gasteiger partial charge in [0.25, 0.3) is 0 Å². The van der Waals surface area contributed by atoms with Crippen LogP contribution in [0.1, 0.15) is 196 Å². The Bertz CT molecular complexity index is 1320. The number of thioether (sulfide) groups is 2. The summed E-state index contributed by atoms with van der Waals surface area (Å²) >= 11 is 15.1. The molecule has 0 aliphatic heterocycles. The molecule has 8 nitrogen and oxygen atoms in total. The van der Waals surface area contributed by atoms with Crippen LogP contribution in [0.15, 0.2) is 56.2 Å². The first-order valence-electron chi connectivity index (χ1n) is 24.1. The minimum atomic E-state index is -0.0656. The van der Waals surface area contributed by atoms with Crippen molar-refractivity contribution in [2.45, 2.75) is 206 Å². The van der Waals surface area contributed by atoms with Crippen molar-refractivity contribution >= 4 is 92.8 Å². The Balaban J connectivity index is 0.00000120. The maximum atomic E-state index is 12.8. The second-order valence-corrected chi connectivity index (χ2v) is 20.0. The maximum absolute atomic E-state index is 12.8. The van der Waals surface area contributed by atoms with E-state index in [0.717, 1.165) is 38.5 Å². The van der Waals surface area contributed by atoms with Gasteiger partial charge >= 0.3 is 23.1 Å². The van der Waals surface area contributed by atoms with Gasteiger partial charge in [-0.1, -0.05) is 139 Å². The van der Waals surface area contributed by atoms with Crippen LogP contribution in [0, 0.1) is 11.8 Å². The predicted molar refractivity (Wildman–Crippen MR) is 271 cm³/mol. The minimum absolute atomic E-state index is 0. The van der Waals surface area contributed by atoms with Crippen molar-refractivity contribution in [1.82, 2.24) is 0 Å². The molecule has 4 unspecified atom stereocenters. The number of allylic oxidation sites excluding steroid dienone is 4. The SMILES string of the molecule is CCCCCCSC(CCC)CCC1CC(=O)C(C(CCC)=NOC/C=C/Cl)=C([O-])C1.CCCCCCSC(CCC)CCC1CC(=O)C(C(CCC)=NOC/C=C/Cl)=C([O-])C1.[Mg+2]. The normalized spacial score (nSPS) is 18.5. The molecule has 0 saturated heterocycles. The molecule has 2 rings (SSSR count). The molecule has 0 spiro atoms. The van der Waals surface area contributed by atoms with Crippen LogP contribution in [0.4, 0.5) is 0 Å². The van der Waals surface area contributed by atoms with Crippen molar-refractivity contribution in [3.05, 3.63) is 45.9 Å². The number of rotatable bonds is 34. The van der Waals surface area contributed by atoms with Gasteiger partial charge in [0.1, 0.15) is 13.2 Å². The van der Waals surface area contributed by atoms with Gasteiger partial charge in [0.2, 0.25) is 0 Å². The molecule has 2 aliphatic carbocycles. The topological polar surface area (TPSA) is 123 Å². The van der Waals surface area contributed by atoms with Crippen LogP contribution < -0.4 is 10.2 Å². The van der Waals surface area contributed by atoms with Crippen LogP contribution in [0.2, 0.25) is 0 Å². The second-order valence-electron chi connectivity index (χ2n) is 16.7. The number of carbonyl (C=O) groups is 2. The maximum Gasteiger partial charge on any atom is 2.00 e. The van der Waals surface area contributed by atoms with Crippen LogP contribution in [-0.4, -0.2) is 81.3 Å². The monoisotopic (exact) mass is 964 g/mol. The van der Waals surface area contributed by atoms with Crippen LogP contribution in [-0.2, 0) is 19.3 Å². The summed E-state index contributed by atoms with van der Waals surface area (Å²) in [6, 6.07) is 0. The summed E-state index contributed by atoms with van der Waals surface area (Å²) in [5, 5.41) is 35.1. The quantitative estimate of drug-likeness (QED) is 0.0270. The van der Waals surface area contributed by atoms with Gasteiger partial charge in [-0.2, -0.15) is 23.5 Å². The van der Waals surface area contributed by atoms with Gasteiger partial charge in [0.15, 0.2) is 11.6 Å². The molecule has 2 aliphatic rings. The number of carbonyl (C=O) groups excluding carboxylic acids is 2. The Labute approximate surface area is 418 Å². The summed E-state index contributed by atoms with van der Waals surface area (Å²) in [6.07, 6.45) is 27.1. The fourth-order valence-corrected chi connectivity index (χ4v) is 10.9. The van der Waals surface area contributed by atoms with Crippen molar-refractivity contribution in [2.75, 3.05) is 24.7 Å². The zero-order valence-corrected chi connectivity index (χ0v) is 44.6. The van der Waals surface area contributed by atoms with Gasteiger partial charge in [-0.15, -0.1) is 11.5 Å². The number of Topliss-reactive ketones (excluding diaryl/α,β-unsaturated/α-hetero) is 2. The molecule has 0 fully saturated rings. The Morgan fingerprint density at radius 2 is 1.00 bits per heavy atom. The first-order chi connectivity index (χ1) is 30.1. The Kier molecular flexibility index (Phi) is 40.4. The largest absolute Gasteiger partial charge is 2.00 e. The predicted octanol–water partition coefficient (Wildman–Crippen LogP) is 13.2. The molecule has 0 bridgehead atoms. The van der Waals surface area contributed by atoms with Gasteiger partial charge in [-0.05, 0) is 113 Å². The molecule has 356 valence electrons. The van der Waals surface area contributed by atoms with Crippen molar-refractivity contribution < 1.29 is 29.5 Å². The van der Waals surface area contributed by atoms with Gasteiger partial charge in [-0.3, -0.25) is 9.59 Å². The van der Waals surface area contributed by atoms with E-state index in [9.17, 15) is 19.8 Å². The smallest absolute Gasteiger partial charge is 0.875 e. The molecule has 0 radical (unpaired) electrons. The number of nitrogens with zero attached hydrogens (tertiary/aromatic N) is 2. The zero-order valence-electron chi connectivity index (χ0n) is 40.0. The standard InChI is InChI=1S/2C25H42ClNO3S.Mg/c2*1-4-7-8-9-17-31-21(11-5-2)14-13-20-18-23(28)25(24(29)19-20)22(12-6-3)27-30-16-10-15-26;/h2*10,15,20-21,28H,4-9,11-14,16-19H2,1-3H3;/q;;+2/p-2/b2*15-10+,27-22?;. The van der Waals surface area contributed by atoms with E-state index in [2.05, 4.69) is 61.5 Å². The van der Waals surface area contributed by atoms with Gasteiger partial charge in [0.05, 0.1) is 11.4 Å². The molecule has 0 aromatic heterocycles. The number of ketones is 2. The summed E-state index contributed by atoms with van der Waals surface area (Å²) in [6.45, 7) is 13.4. The van der Waals surface area contributed by atoms with Crippen LogP contribution in [0.5, 0.6) is 0 Å². The summed E-state index contributed by atoms with van der Waals surface area (Å²) in [4.78, 5) is 36.1.